The van der Waals surface area contributed by atoms with E-state index >= 15 is 0 Å². The summed E-state index contributed by atoms with van der Waals surface area (Å²) in [5.74, 6) is 0.506. The zero-order valence-corrected chi connectivity index (χ0v) is 16.8. The summed E-state index contributed by atoms with van der Waals surface area (Å²) >= 11 is 0. The highest BCUT2D eigenvalue weighted by Gasteiger charge is 2.45. The average Bonchev–Trinajstić information content (AvgIpc) is 3.23. The fraction of sp³-hybridized carbons (Fsp3) is 0.480. The van der Waals surface area contributed by atoms with Crippen LogP contribution in [0.15, 0.2) is 48.5 Å². The predicted molar refractivity (Wildman–Crippen MR) is 113 cm³/mol. The summed E-state index contributed by atoms with van der Waals surface area (Å²) in [6.07, 6.45) is 6.22. The maximum absolute atomic E-state index is 14.3. The Morgan fingerprint density at radius 1 is 1.10 bits per heavy atom. The van der Waals surface area contributed by atoms with Crippen LogP contribution in [0, 0.1) is 5.82 Å². The van der Waals surface area contributed by atoms with Gasteiger partial charge in [0.15, 0.2) is 0 Å². The van der Waals surface area contributed by atoms with Gasteiger partial charge >= 0.3 is 0 Å². The molecule has 2 aromatic rings. The van der Waals surface area contributed by atoms with Crippen LogP contribution in [0.4, 0.5) is 4.39 Å². The summed E-state index contributed by atoms with van der Waals surface area (Å²) < 4.78 is 14.3. The maximum atomic E-state index is 14.3. The van der Waals surface area contributed by atoms with E-state index in [2.05, 4.69) is 35.6 Å². The minimum absolute atomic E-state index is 0.138. The topological polar surface area (TPSA) is 32.3 Å². The van der Waals surface area contributed by atoms with Crippen molar-refractivity contribution in [3.63, 3.8) is 0 Å². The zero-order chi connectivity index (χ0) is 19.8. The van der Waals surface area contributed by atoms with Crippen molar-refractivity contribution in [1.29, 1.82) is 0 Å². The van der Waals surface area contributed by atoms with E-state index in [9.17, 15) is 9.18 Å². The summed E-state index contributed by atoms with van der Waals surface area (Å²) in [6.45, 7) is 2.79. The fourth-order valence-electron chi connectivity index (χ4n) is 6.20. The van der Waals surface area contributed by atoms with Gasteiger partial charge in [0.2, 0.25) is 6.41 Å². The molecular weight excluding hydrogens is 363 g/mol. The Labute approximate surface area is 172 Å². The first-order valence-corrected chi connectivity index (χ1v) is 11.0. The van der Waals surface area contributed by atoms with Crippen molar-refractivity contribution in [2.24, 2.45) is 0 Å². The van der Waals surface area contributed by atoms with E-state index in [1.165, 1.54) is 11.1 Å². The number of carbonyl (C=O) groups excluding carboxylic acids is 1. The van der Waals surface area contributed by atoms with E-state index < -0.39 is 0 Å². The van der Waals surface area contributed by atoms with E-state index in [1.54, 1.807) is 12.1 Å². The van der Waals surface area contributed by atoms with E-state index in [-0.39, 0.29) is 23.2 Å². The fourth-order valence-corrected chi connectivity index (χ4v) is 6.20. The molecule has 4 heteroatoms. The number of nitrogens with zero attached hydrogens (tertiary/aromatic N) is 1. The molecule has 29 heavy (non-hydrogen) atoms. The highest BCUT2D eigenvalue weighted by molar-refractivity contribution is 5.50. The quantitative estimate of drug-likeness (QED) is 0.788. The van der Waals surface area contributed by atoms with Crippen LogP contribution < -0.4 is 5.32 Å². The van der Waals surface area contributed by atoms with Crippen molar-refractivity contribution in [2.75, 3.05) is 19.6 Å². The van der Waals surface area contributed by atoms with Gasteiger partial charge in [0, 0.05) is 30.5 Å². The van der Waals surface area contributed by atoms with Crippen molar-refractivity contribution in [2.45, 2.75) is 55.4 Å². The number of likely N-dealkylation sites (tertiary alicyclic amines) is 1. The Bertz CT molecular complexity index is 878. The van der Waals surface area contributed by atoms with Crippen LogP contribution in [0.5, 0.6) is 0 Å². The largest absolute Gasteiger partial charge is 0.342 e. The van der Waals surface area contributed by atoms with Gasteiger partial charge in [-0.15, -0.1) is 0 Å². The standard InChI is InChI=1S/C25H29FN2O/c26-20-6-7-23-22(15-20)21(8-10-25(23)11-12-27-16-25)24-14-19(9-13-28(24)17-29)18-4-2-1-3-5-18/h1-7,15,17,19,21,24,27H,8-14,16H2/t19?,21-,24?,25-/m0/s1. The molecule has 2 saturated heterocycles. The van der Waals surface area contributed by atoms with Crippen LogP contribution in [-0.2, 0) is 10.2 Å². The lowest BCUT2D eigenvalue weighted by atomic mass is 9.63. The Morgan fingerprint density at radius 3 is 2.72 bits per heavy atom. The van der Waals surface area contributed by atoms with Gasteiger partial charge in [-0.25, -0.2) is 4.39 Å². The van der Waals surface area contributed by atoms with Crippen LogP contribution in [0.3, 0.4) is 0 Å². The van der Waals surface area contributed by atoms with Crippen molar-refractivity contribution in [3.05, 3.63) is 71.0 Å². The van der Waals surface area contributed by atoms with Gasteiger partial charge in [-0.1, -0.05) is 36.4 Å². The van der Waals surface area contributed by atoms with E-state index in [4.69, 9.17) is 0 Å². The van der Waals surface area contributed by atoms with E-state index in [0.29, 0.717) is 5.92 Å². The molecule has 5 rings (SSSR count). The van der Waals surface area contributed by atoms with Gasteiger partial charge in [-0.3, -0.25) is 4.79 Å². The number of nitrogens with one attached hydrogen (secondary N) is 1. The minimum Gasteiger partial charge on any atom is -0.342 e. The number of amides is 1. The Morgan fingerprint density at radius 2 is 1.97 bits per heavy atom. The molecule has 0 radical (unpaired) electrons. The van der Waals surface area contributed by atoms with Gasteiger partial charge in [0.25, 0.3) is 0 Å². The van der Waals surface area contributed by atoms with Crippen LogP contribution in [-0.4, -0.2) is 37.0 Å². The number of halogens is 1. The molecule has 1 aliphatic carbocycles. The lowest BCUT2D eigenvalue weighted by molar-refractivity contribution is -0.122. The van der Waals surface area contributed by atoms with Crippen LogP contribution >= 0.6 is 0 Å². The van der Waals surface area contributed by atoms with Crippen molar-refractivity contribution < 1.29 is 9.18 Å². The third-order valence-electron chi connectivity index (χ3n) is 7.72. The van der Waals surface area contributed by atoms with Gasteiger partial charge in [0.1, 0.15) is 5.82 Å². The number of carbonyl (C=O) groups is 1. The monoisotopic (exact) mass is 392 g/mol. The van der Waals surface area contributed by atoms with Crippen LogP contribution in [0.2, 0.25) is 0 Å². The van der Waals surface area contributed by atoms with Crippen molar-refractivity contribution >= 4 is 6.41 Å². The molecule has 2 aliphatic heterocycles. The molecule has 4 atom stereocenters. The molecule has 1 amide bonds. The van der Waals surface area contributed by atoms with Crippen molar-refractivity contribution in [1.82, 2.24) is 10.2 Å². The summed E-state index contributed by atoms with van der Waals surface area (Å²) in [5, 5.41) is 3.52. The lowest BCUT2D eigenvalue weighted by Crippen LogP contribution is -2.47. The van der Waals surface area contributed by atoms with Crippen LogP contribution in [0.1, 0.15) is 60.6 Å². The van der Waals surface area contributed by atoms with Gasteiger partial charge < -0.3 is 10.2 Å². The minimum atomic E-state index is -0.162. The number of piperidine rings is 1. The molecular formula is C25H29FN2O. The predicted octanol–water partition coefficient (Wildman–Crippen LogP) is 4.34. The first kappa shape index (κ1) is 18.8. The normalized spacial score (nSPS) is 31.6. The summed E-state index contributed by atoms with van der Waals surface area (Å²) in [5.41, 5.74) is 3.95. The van der Waals surface area contributed by atoms with Gasteiger partial charge in [-0.2, -0.15) is 0 Å². The van der Waals surface area contributed by atoms with E-state index in [1.807, 2.05) is 11.0 Å². The van der Waals surface area contributed by atoms with Gasteiger partial charge in [0.05, 0.1) is 0 Å². The average molecular weight is 393 g/mol. The molecule has 1 spiro atoms. The number of benzene rings is 2. The Kier molecular flexibility index (Phi) is 4.91. The summed E-state index contributed by atoms with van der Waals surface area (Å²) in [4.78, 5) is 13.9. The molecule has 2 heterocycles. The molecule has 0 aromatic heterocycles. The lowest BCUT2D eigenvalue weighted by Gasteiger charge is -2.47. The van der Waals surface area contributed by atoms with Crippen molar-refractivity contribution in [3.8, 4) is 0 Å². The first-order valence-electron chi connectivity index (χ1n) is 11.0. The molecule has 2 unspecified atom stereocenters. The highest BCUT2D eigenvalue weighted by Crippen LogP contribution is 2.50. The van der Waals surface area contributed by atoms with E-state index in [0.717, 1.165) is 63.7 Å². The Balaban J connectivity index is 1.51. The third-order valence-corrected chi connectivity index (χ3v) is 7.72. The van der Waals surface area contributed by atoms with Crippen LogP contribution in [0.25, 0.3) is 0 Å². The molecule has 0 saturated carbocycles. The molecule has 1 N–H and O–H groups in total. The maximum Gasteiger partial charge on any atom is 0.209 e. The highest BCUT2D eigenvalue weighted by atomic mass is 19.1. The number of fused-ring (bicyclic) bond motifs is 2. The zero-order valence-electron chi connectivity index (χ0n) is 16.8. The third kappa shape index (κ3) is 3.28. The SMILES string of the molecule is O=CN1CCC(c2ccccc2)CC1[C@H]1CC[C@@]2(CCNC2)c2ccc(F)cc21. The summed E-state index contributed by atoms with van der Waals surface area (Å²) in [7, 11) is 0. The molecule has 2 aromatic carbocycles. The number of hydrogen-bond acceptors (Lipinski definition) is 2. The smallest absolute Gasteiger partial charge is 0.209 e. The Hall–Kier alpha value is -2.20. The summed E-state index contributed by atoms with van der Waals surface area (Å²) in [6, 6.07) is 16.2. The molecule has 152 valence electrons. The molecule has 0 bridgehead atoms. The molecule has 3 aliphatic rings. The molecule has 2 fully saturated rings. The second-order valence-electron chi connectivity index (χ2n) is 9.13. The first-order chi connectivity index (χ1) is 14.2. The number of rotatable bonds is 3. The second kappa shape index (κ2) is 7.56. The number of hydrogen-bond donors (Lipinski definition) is 1. The van der Waals surface area contributed by atoms with Gasteiger partial charge in [-0.05, 0) is 73.4 Å². The molecule has 3 nitrogen and oxygen atoms in total. The second-order valence-corrected chi connectivity index (χ2v) is 9.13.